The van der Waals surface area contributed by atoms with Gasteiger partial charge >= 0.3 is 12.1 Å². The van der Waals surface area contributed by atoms with E-state index in [2.05, 4.69) is 10.1 Å². The van der Waals surface area contributed by atoms with Gasteiger partial charge in [0.15, 0.2) is 0 Å². The molecule has 106 valence electrons. The number of nitrogens with one attached hydrogen (secondary N) is 1. The molecule has 1 aliphatic rings. The van der Waals surface area contributed by atoms with E-state index < -0.39 is 24.3 Å². The lowest BCUT2D eigenvalue weighted by atomic mass is 9.94. The van der Waals surface area contributed by atoms with Gasteiger partial charge in [-0.25, -0.2) is 4.79 Å². The van der Waals surface area contributed by atoms with Crippen molar-refractivity contribution in [3.05, 3.63) is 0 Å². The number of halogens is 3. The summed E-state index contributed by atoms with van der Waals surface area (Å²) in [5.74, 6) is -0.563. The Kier molecular flexibility index (Phi) is 4.98. The van der Waals surface area contributed by atoms with E-state index in [0.717, 1.165) is 12.8 Å². The van der Waals surface area contributed by atoms with Crippen LogP contribution in [0.15, 0.2) is 0 Å². The summed E-state index contributed by atoms with van der Waals surface area (Å²) < 4.78 is 45.7. The fourth-order valence-corrected chi connectivity index (χ4v) is 1.89. The van der Waals surface area contributed by atoms with Gasteiger partial charge < -0.3 is 14.8 Å². The largest absolute Gasteiger partial charge is 0.465 e. The minimum absolute atomic E-state index is 0.0187. The van der Waals surface area contributed by atoms with Crippen LogP contribution < -0.4 is 5.32 Å². The first-order valence-electron chi connectivity index (χ1n) is 5.86. The molecule has 1 fully saturated rings. The van der Waals surface area contributed by atoms with E-state index in [1.807, 2.05) is 0 Å². The number of carbonyl (C=O) groups is 1. The van der Waals surface area contributed by atoms with E-state index in [0.29, 0.717) is 0 Å². The molecule has 1 unspecified atom stereocenters. The lowest BCUT2D eigenvalue weighted by molar-refractivity contribution is -0.184. The van der Waals surface area contributed by atoms with Crippen LogP contribution in [0.5, 0.6) is 0 Å². The molecule has 1 rings (SSSR count). The minimum Gasteiger partial charge on any atom is -0.465 e. The van der Waals surface area contributed by atoms with Crippen LogP contribution in [0.25, 0.3) is 0 Å². The number of hydrogen-bond donors (Lipinski definition) is 1. The van der Waals surface area contributed by atoms with Crippen LogP contribution in [0.3, 0.4) is 0 Å². The van der Waals surface area contributed by atoms with E-state index in [1.54, 1.807) is 6.92 Å². The van der Waals surface area contributed by atoms with Gasteiger partial charge in [-0.2, -0.15) is 13.2 Å². The molecule has 4 nitrogen and oxygen atoms in total. The standard InChI is InChI=1S/C11H18F3NO3/c1-3-18-9(16)10(15-2,8-4-5-8)6-17-7-11(12,13)14/h8,15H,3-7H2,1-2H3. The monoisotopic (exact) mass is 269 g/mol. The summed E-state index contributed by atoms with van der Waals surface area (Å²) in [5, 5.41) is 2.78. The second-order valence-corrected chi connectivity index (χ2v) is 4.32. The first kappa shape index (κ1) is 15.2. The molecule has 1 aliphatic carbocycles. The Morgan fingerprint density at radius 2 is 1.94 bits per heavy atom. The third-order valence-electron chi connectivity index (χ3n) is 2.96. The zero-order valence-electron chi connectivity index (χ0n) is 10.5. The molecule has 0 aromatic carbocycles. The van der Waals surface area contributed by atoms with Gasteiger partial charge in [0, 0.05) is 0 Å². The molecule has 1 N–H and O–H groups in total. The van der Waals surface area contributed by atoms with Crippen LogP contribution in [0.1, 0.15) is 19.8 Å². The zero-order valence-corrected chi connectivity index (χ0v) is 10.5. The molecule has 0 saturated heterocycles. The molecule has 0 bridgehead atoms. The third-order valence-corrected chi connectivity index (χ3v) is 2.96. The summed E-state index contributed by atoms with van der Waals surface area (Å²) in [6.07, 6.45) is -2.82. The SMILES string of the molecule is CCOC(=O)C(COCC(F)(F)F)(NC)C1CC1. The van der Waals surface area contributed by atoms with Gasteiger partial charge in [-0.15, -0.1) is 0 Å². The Balaban J connectivity index is 2.63. The summed E-state index contributed by atoms with van der Waals surface area (Å²) in [4.78, 5) is 11.9. The number of ether oxygens (including phenoxy) is 2. The molecule has 0 spiro atoms. The van der Waals surface area contributed by atoms with Crippen molar-refractivity contribution in [3.63, 3.8) is 0 Å². The van der Waals surface area contributed by atoms with Crippen LogP contribution in [0.4, 0.5) is 13.2 Å². The number of hydrogen-bond acceptors (Lipinski definition) is 4. The first-order valence-corrected chi connectivity index (χ1v) is 5.86. The van der Waals surface area contributed by atoms with Gasteiger partial charge in [-0.1, -0.05) is 0 Å². The number of esters is 1. The molecular formula is C11H18F3NO3. The van der Waals surface area contributed by atoms with Crippen LogP contribution in [0, 0.1) is 5.92 Å². The molecule has 0 amide bonds. The quantitative estimate of drug-likeness (QED) is 0.711. The smallest absolute Gasteiger partial charge is 0.411 e. The van der Waals surface area contributed by atoms with Gasteiger partial charge in [0.05, 0.1) is 13.2 Å². The van der Waals surface area contributed by atoms with Crippen LogP contribution in [0.2, 0.25) is 0 Å². The topological polar surface area (TPSA) is 47.6 Å². The molecule has 0 radical (unpaired) electrons. The second kappa shape index (κ2) is 5.88. The third kappa shape index (κ3) is 3.84. The maximum atomic E-state index is 12.0. The Hall–Kier alpha value is -0.820. The summed E-state index contributed by atoms with van der Waals surface area (Å²) in [7, 11) is 1.53. The van der Waals surface area contributed by atoms with Gasteiger partial charge in [0.1, 0.15) is 12.1 Å². The van der Waals surface area contributed by atoms with Crippen molar-refractivity contribution in [3.8, 4) is 0 Å². The molecule has 18 heavy (non-hydrogen) atoms. The summed E-state index contributed by atoms with van der Waals surface area (Å²) in [5.41, 5.74) is -1.15. The number of likely N-dealkylation sites (N-methyl/N-ethyl adjacent to an activating group) is 1. The van der Waals surface area contributed by atoms with Gasteiger partial charge in [-0.05, 0) is 32.7 Å². The molecule has 0 aliphatic heterocycles. The maximum absolute atomic E-state index is 12.0. The van der Waals surface area contributed by atoms with Crippen molar-refractivity contribution in [2.45, 2.75) is 31.5 Å². The number of carbonyl (C=O) groups excluding carboxylic acids is 1. The van der Waals surface area contributed by atoms with Crippen molar-refractivity contribution in [1.29, 1.82) is 0 Å². The van der Waals surface area contributed by atoms with Crippen molar-refractivity contribution in [2.75, 3.05) is 26.9 Å². The summed E-state index contributed by atoms with van der Waals surface area (Å²) in [6, 6.07) is 0. The van der Waals surface area contributed by atoms with Crippen molar-refractivity contribution in [2.24, 2.45) is 5.92 Å². The fourth-order valence-electron chi connectivity index (χ4n) is 1.89. The molecule has 0 aromatic heterocycles. The Labute approximate surface area is 104 Å². The average Bonchev–Trinajstić information content (AvgIpc) is 3.07. The number of rotatable bonds is 7. The van der Waals surface area contributed by atoms with E-state index in [9.17, 15) is 18.0 Å². The van der Waals surface area contributed by atoms with Crippen LogP contribution in [-0.4, -0.2) is 44.6 Å². The van der Waals surface area contributed by atoms with Crippen molar-refractivity contribution < 1.29 is 27.4 Å². The van der Waals surface area contributed by atoms with Crippen LogP contribution >= 0.6 is 0 Å². The maximum Gasteiger partial charge on any atom is 0.411 e. The zero-order chi connectivity index (χ0) is 13.8. The molecular weight excluding hydrogens is 251 g/mol. The predicted molar refractivity (Wildman–Crippen MR) is 58.0 cm³/mol. The minimum atomic E-state index is -4.39. The highest BCUT2D eigenvalue weighted by molar-refractivity contribution is 5.82. The highest BCUT2D eigenvalue weighted by atomic mass is 19.4. The van der Waals surface area contributed by atoms with E-state index in [4.69, 9.17) is 4.74 Å². The Morgan fingerprint density at radius 3 is 2.33 bits per heavy atom. The highest BCUT2D eigenvalue weighted by Gasteiger charge is 2.51. The first-order chi connectivity index (χ1) is 8.35. The molecule has 7 heteroatoms. The predicted octanol–water partition coefficient (Wildman–Crippen LogP) is 1.50. The molecule has 0 aromatic rings. The normalized spacial score (nSPS) is 19.4. The average molecular weight is 269 g/mol. The molecule has 1 atom stereocenters. The van der Waals surface area contributed by atoms with Gasteiger partial charge in [0.2, 0.25) is 0 Å². The lowest BCUT2D eigenvalue weighted by Gasteiger charge is -2.31. The van der Waals surface area contributed by atoms with Gasteiger partial charge in [-0.3, -0.25) is 0 Å². The van der Waals surface area contributed by atoms with E-state index in [1.165, 1.54) is 7.05 Å². The highest BCUT2D eigenvalue weighted by Crippen LogP contribution is 2.40. The summed E-state index contributed by atoms with van der Waals surface area (Å²) >= 11 is 0. The van der Waals surface area contributed by atoms with Crippen LogP contribution in [-0.2, 0) is 14.3 Å². The van der Waals surface area contributed by atoms with Gasteiger partial charge in [0.25, 0.3) is 0 Å². The summed E-state index contributed by atoms with van der Waals surface area (Å²) in [6.45, 7) is 0.158. The van der Waals surface area contributed by atoms with E-state index in [-0.39, 0.29) is 19.1 Å². The Bertz CT molecular complexity index is 292. The van der Waals surface area contributed by atoms with E-state index >= 15 is 0 Å². The second-order valence-electron chi connectivity index (χ2n) is 4.32. The Morgan fingerprint density at radius 1 is 1.33 bits per heavy atom. The lowest BCUT2D eigenvalue weighted by Crippen LogP contribution is -2.57. The van der Waals surface area contributed by atoms with Crippen molar-refractivity contribution >= 4 is 5.97 Å². The fraction of sp³-hybridized carbons (Fsp3) is 0.909. The molecule has 1 saturated carbocycles. The molecule has 0 heterocycles. The number of alkyl halides is 3. The van der Waals surface area contributed by atoms with Crippen molar-refractivity contribution in [1.82, 2.24) is 5.32 Å².